The van der Waals surface area contributed by atoms with Crippen LogP contribution in [0.4, 0.5) is 0 Å². The minimum atomic E-state index is 1.03. The van der Waals surface area contributed by atoms with Gasteiger partial charge >= 0.3 is 0 Å². The summed E-state index contributed by atoms with van der Waals surface area (Å²) in [7, 11) is 7.85. The molecule has 0 radical (unpaired) electrons. The molecule has 0 heterocycles. The predicted octanol–water partition coefficient (Wildman–Crippen LogP) is 12.6. The van der Waals surface area contributed by atoms with Crippen molar-refractivity contribution in [2.75, 3.05) is 28.2 Å². The number of nitrogens with zero attached hydrogens (tertiary/aromatic N) is 4. The normalized spacial score (nSPS) is 10.5. The van der Waals surface area contributed by atoms with Crippen LogP contribution in [0.2, 0.25) is 0 Å². The lowest BCUT2D eigenvalue weighted by Gasteiger charge is -2.13. The van der Waals surface area contributed by atoms with Gasteiger partial charge in [-0.2, -0.15) is 10.2 Å². The van der Waals surface area contributed by atoms with E-state index in [-0.39, 0.29) is 0 Å². The fraction of sp³-hybridized carbons (Fsp3) is 0.500. The molecule has 0 aliphatic carbocycles. The molecule has 0 aromatic heterocycles. The second-order valence-corrected chi connectivity index (χ2v) is 10.9. The number of rotatable bonds is 8. The van der Waals surface area contributed by atoms with E-state index in [0.717, 1.165) is 37.1 Å². The number of benzene rings is 4. The quantitative estimate of drug-likeness (QED) is 0.140. The first-order valence-electron chi connectivity index (χ1n) is 18.7. The van der Waals surface area contributed by atoms with E-state index >= 15 is 0 Å². The number of hydrazone groups is 2. The van der Waals surface area contributed by atoms with Crippen LogP contribution in [-0.2, 0) is 25.7 Å². The maximum Gasteiger partial charge on any atom is 0.0649 e. The highest BCUT2D eigenvalue weighted by Crippen LogP contribution is 2.24. The molecule has 0 N–H and O–H groups in total. The molecule has 268 valence electrons. The second-order valence-electron chi connectivity index (χ2n) is 10.9. The Kier molecular flexibility index (Phi) is 25.5. The van der Waals surface area contributed by atoms with E-state index in [2.05, 4.69) is 112 Å². The third kappa shape index (κ3) is 14.6. The molecule has 4 nitrogen and oxygen atoms in total. The molecular formula is C44H72N4. The Morgan fingerprint density at radius 2 is 0.750 bits per heavy atom. The van der Waals surface area contributed by atoms with E-state index in [9.17, 15) is 0 Å². The van der Waals surface area contributed by atoms with Crippen molar-refractivity contribution >= 4 is 33.0 Å². The Balaban J connectivity index is 0. The van der Waals surface area contributed by atoms with Crippen LogP contribution in [-0.4, -0.2) is 49.6 Å². The molecule has 4 aromatic carbocycles. The summed E-state index contributed by atoms with van der Waals surface area (Å²) in [6, 6.07) is 22.7. The van der Waals surface area contributed by atoms with Gasteiger partial charge in [0.15, 0.2) is 0 Å². The zero-order valence-corrected chi connectivity index (χ0v) is 34.4. The van der Waals surface area contributed by atoms with Crippen molar-refractivity contribution in [1.29, 1.82) is 0 Å². The van der Waals surface area contributed by atoms with Gasteiger partial charge in [-0.05, 0) is 95.5 Å². The summed E-state index contributed by atoms with van der Waals surface area (Å²) in [6.07, 6.45) is 4.21. The van der Waals surface area contributed by atoms with Crippen LogP contribution in [0.5, 0.6) is 0 Å². The first kappa shape index (κ1) is 46.5. The van der Waals surface area contributed by atoms with Gasteiger partial charge in [0.2, 0.25) is 0 Å². The fourth-order valence-corrected chi connectivity index (χ4v) is 5.19. The van der Waals surface area contributed by atoms with Gasteiger partial charge in [-0.3, -0.25) is 0 Å². The summed E-state index contributed by atoms with van der Waals surface area (Å²) in [5.41, 5.74) is 10.2. The van der Waals surface area contributed by atoms with Crippen molar-refractivity contribution in [3.05, 3.63) is 94.0 Å². The molecule has 0 amide bonds. The molecule has 0 aliphatic heterocycles. The molecule has 0 saturated heterocycles. The molecule has 4 heteroatoms. The van der Waals surface area contributed by atoms with Crippen molar-refractivity contribution in [2.24, 2.45) is 10.2 Å². The topological polar surface area (TPSA) is 31.2 Å². The third-order valence-electron chi connectivity index (χ3n) is 7.31. The first-order valence-corrected chi connectivity index (χ1v) is 18.7. The standard InChI is InChI=1S/2C18H24N2.4C2H6/c2*1-6-14-8-9-16-11-15(7-2)18(12-17(16)10-14)13(3)19-20(4)5;4*1-2/h2*8-12H,6-7H2,1-5H3;4*1-2H3/b2*19-13+;;;;. The van der Waals surface area contributed by atoms with Crippen molar-refractivity contribution < 1.29 is 0 Å². The Bertz CT molecular complexity index is 1390. The van der Waals surface area contributed by atoms with Crippen molar-refractivity contribution in [3.8, 4) is 0 Å². The van der Waals surface area contributed by atoms with Gasteiger partial charge in [0.1, 0.15) is 0 Å². The summed E-state index contributed by atoms with van der Waals surface area (Å²) >= 11 is 0. The van der Waals surface area contributed by atoms with Crippen LogP contribution in [0.25, 0.3) is 21.5 Å². The van der Waals surface area contributed by atoms with E-state index in [1.165, 1.54) is 54.9 Å². The van der Waals surface area contributed by atoms with E-state index in [1.54, 1.807) is 0 Å². The Morgan fingerprint density at radius 1 is 0.438 bits per heavy atom. The minimum absolute atomic E-state index is 1.03. The minimum Gasteiger partial charge on any atom is -0.303 e. The van der Waals surface area contributed by atoms with Gasteiger partial charge in [0, 0.05) is 39.3 Å². The molecule has 0 saturated carbocycles. The number of fused-ring (bicyclic) bond motifs is 2. The van der Waals surface area contributed by atoms with Crippen LogP contribution in [0, 0.1) is 0 Å². The van der Waals surface area contributed by atoms with Crippen molar-refractivity contribution in [1.82, 2.24) is 10.0 Å². The zero-order valence-electron chi connectivity index (χ0n) is 34.4. The lowest BCUT2D eigenvalue weighted by Crippen LogP contribution is -2.09. The van der Waals surface area contributed by atoms with Gasteiger partial charge in [-0.25, -0.2) is 0 Å². The fourth-order valence-electron chi connectivity index (χ4n) is 5.19. The summed E-state index contributed by atoms with van der Waals surface area (Å²) in [6.45, 7) is 29.0. The molecule has 0 bridgehead atoms. The largest absolute Gasteiger partial charge is 0.303 e. The summed E-state index contributed by atoms with van der Waals surface area (Å²) in [5.74, 6) is 0. The average molecular weight is 657 g/mol. The molecular weight excluding hydrogens is 585 g/mol. The molecule has 0 fully saturated rings. The maximum absolute atomic E-state index is 4.56. The highest BCUT2D eigenvalue weighted by atomic mass is 15.4. The van der Waals surface area contributed by atoms with Crippen molar-refractivity contribution in [2.45, 2.75) is 123 Å². The molecule has 4 aromatic rings. The molecule has 0 unspecified atom stereocenters. The molecule has 0 atom stereocenters. The smallest absolute Gasteiger partial charge is 0.0649 e. The summed E-state index contributed by atoms with van der Waals surface area (Å²) < 4.78 is 0. The molecule has 0 spiro atoms. The highest BCUT2D eigenvalue weighted by Gasteiger charge is 2.09. The third-order valence-corrected chi connectivity index (χ3v) is 7.31. The lowest BCUT2D eigenvalue weighted by atomic mass is 9.95. The first-order chi connectivity index (χ1) is 23.1. The average Bonchev–Trinajstić information content (AvgIpc) is 3.12. The Labute approximate surface area is 297 Å². The van der Waals surface area contributed by atoms with Crippen LogP contribution in [0.15, 0.2) is 70.9 Å². The van der Waals surface area contributed by atoms with Gasteiger partial charge in [0.25, 0.3) is 0 Å². The van der Waals surface area contributed by atoms with Crippen LogP contribution in [0.3, 0.4) is 0 Å². The van der Waals surface area contributed by atoms with Crippen LogP contribution >= 0.6 is 0 Å². The van der Waals surface area contributed by atoms with E-state index in [0.29, 0.717) is 0 Å². The molecule has 48 heavy (non-hydrogen) atoms. The predicted molar refractivity (Wildman–Crippen MR) is 223 cm³/mol. The molecule has 0 aliphatic rings. The van der Waals surface area contributed by atoms with Crippen LogP contribution < -0.4 is 0 Å². The van der Waals surface area contributed by atoms with Gasteiger partial charge in [-0.15, -0.1) is 0 Å². The molecule has 4 rings (SSSR count). The van der Waals surface area contributed by atoms with Gasteiger partial charge in [-0.1, -0.05) is 132 Å². The van der Waals surface area contributed by atoms with Crippen molar-refractivity contribution in [3.63, 3.8) is 0 Å². The lowest BCUT2D eigenvalue weighted by molar-refractivity contribution is 0.437. The number of hydrogen-bond acceptors (Lipinski definition) is 4. The SMILES string of the molecule is CC.CC.CC.CC.CCc1ccc2cc(CC)c(/C(C)=N/N(C)C)cc2c1.CCc1ccc2cc(CC)c(/C(C)=N/N(C)C)cc2c1. The van der Waals surface area contributed by atoms with Gasteiger partial charge in [0.05, 0.1) is 11.4 Å². The monoisotopic (exact) mass is 657 g/mol. The Morgan fingerprint density at radius 3 is 1.00 bits per heavy atom. The Hall–Kier alpha value is -3.66. The van der Waals surface area contributed by atoms with E-state index in [4.69, 9.17) is 0 Å². The van der Waals surface area contributed by atoms with Gasteiger partial charge < -0.3 is 10.0 Å². The second kappa shape index (κ2) is 26.3. The summed E-state index contributed by atoms with van der Waals surface area (Å²) in [5, 5.41) is 18.1. The zero-order chi connectivity index (χ0) is 37.4. The van der Waals surface area contributed by atoms with E-state index < -0.39 is 0 Å². The highest BCUT2D eigenvalue weighted by molar-refractivity contribution is 6.04. The van der Waals surface area contributed by atoms with E-state index in [1.807, 2.05) is 93.6 Å². The summed E-state index contributed by atoms with van der Waals surface area (Å²) in [4.78, 5) is 0. The number of hydrogen-bond donors (Lipinski definition) is 0. The maximum atomic E-state index is 4.56. The number of aryl methyl sites for hydroxylation is 4. The van der Waals surface area contributed by atoms with Crippen LogP contribution in [0.1, 0.15) is 130 Å².